The van der Waals surface area contributed by atoms with Gasteiger partial charge in [0.05, 0.1) is 24.0 Å². The summed E-state index contributed by atoms with van der Waals surface area (Å²) in [5.41, 5.74) is 2.91. The van der Waals surface area contributed by atoms with E-state index >= 15 is 0 Å². The van der Waals surface area contributed by atoms with E-state index in [9.17, 15) is 9.90 Å². The number of aliphatic hydroxyl groups is 1. The number of aromatic nitrogens is 2. The van der Waals surface area contributed by atoms with E-state index in [2.05, 4.69) is 14.9 Å². The number of ketones is 1. The monoisotopic (exact) mass is 340 g/mol. The summed E-state index contributed by atoms with van der Waals surface area (Å²) in [6.45, 7) is 6.11. The Balaban J connectivity index is 1.49. The first-order chi connectivity index (χ1) is 11.9. The first kappa shape index (κ1) is 16.4. The minimum Gasteiger partial charge on any atom is -0.385 e. The number of aliphatic imine (C=N–C) groups is 1. The Morgan fingerprint density at radius 3 is 2.76 bits per heavy atom. The SMILES string of the molecule is Cc1cncc(N2CCC(C3=NCC4=C3C(C)(O)CC(=O)C4)CC2)n1. The molecule has 6 heteroatoms. The van der Waals surface area contributed by atoms with E-state index in [1.807, 2.05) is 13.1 Å². The molecule has 1 atom stereocenters. The summed E-state index contributed by atoms with van der Waals surface area (Å²) in [6.07, 6.45) is 6.21. The molecule has 1 aromatic heterocycles. The molecule has 2 aliphatic heterocycles. The number of hydrogen-bond donors (Lipinski definition) is 1. The Kier molecular flexibility index (Phi) is 3.95. The molecule has 0 spiro atoms. The van der Waals surface area contributed by atoms with E-state index in [0.717, 1.165) is 54.3 Å². The van der Waals surface area contributed by atoms with Gasteiger partial charge in [0.1, 0.15) is 11.6 Å². The van der Waals surface area contributed by atoms with Gasteiger partial charge in [-0.2, -0.15) is 0 Å². The smallest absolute Gasteiger partial charge is 0.147 e. The minimum atomic E-state index is -1.06. The Hall–Kier alpha value is -2.08. The summed E-state index contributed by atoms with van der Waals surface area (Å²) in [4.78, 5) is 27.7. The Morgan fingerprint density at radius 1 is 1.28 bits per heavy atom. The molecule has 0 bridgehead atoms. The van der Waals surface area contributed by atoms with Crippen molar-refractivity contribution < 1.29 is 9.90 Å². The average molecular weight is 340 g/mol. The van der Waals surface area contributed by atoms with Gasteiger partial charge in [-0.25, -0.2) is 4.98 Å². The van der Waals surface area contributed by atoms with E-state index in [4.69, 9.17) is 4.99 Å². The molecule has 1 saturated heterocycles. The molecule has 3 aliphatic rings. The van der Waals surface area contributed by atoms with Crippen LogP contribution in [0.2, 0.25) is 0 Å². The van der Waals surface area contributed by atoms with Gasteiger partial charge in [-0.15, -0.1) is 0 Å². The van der Waals surface area contributed by atoms with Gasteiger partial charge in [0.25, 0.3) is 0 Å². The van der Waals surface area contributed by atoms with Crippen LogP contribution in [-0.2, 0) is 4.79 Å². The normalized spacial score (nSPS) is 27.6. The van der Waals surface area contributed by atoms with Crippen molar-refractivity contribution >= 4 is 17.3 Å². The summed E-state index contributed by atoms with van der Waals surface area (Å²) >= 11 is 0. The molecule has 1 N–H and O–H groups in total. The zero-order valence-electron chi connectivity index (χ0n) is 14.8. The third-order valence-corrected chi connectivity index (χ3v) is 5.49. The van der Waals surface area contributed by atoms with Gasteiger partial charge < -0.3 is 10.0 Å². The highest BCUT2D eigenvalue weighted by molar-refractivity contribution is 6.08. The highest BCUT2D eigenvalue weighted by Gasteiger charge is 2.43. The fraction of sp³-hybridized carbons (Fsp3) is 0.579. The maximum absolute atomic E-state index is 11.9. The van der Waals surface area contributed by atoms with E-state index in [0.29, 0.717) is 18.9 Å². The van der Waals surface area contributed by atoms with E-state index in [1.165, 1.54) is 0 Å². The zero-order chi connectivity index (χ0) is 17.6. The number of carbonyl (C=O) groups excluding carboxylic acids is 1. The highest BCUT2D eigenvalue weighted by Crippen LogP contribution is 2.39. The van der Waals surface area contributed by atoms with Crippen LogP contribution in [0.1, 0.15) is 38.3 Å². The van der Waals surface area contributed by atoms with Gasteiger partial charge >= 0.3 is 0 Å². The first-order valence-electron chi connectivity index (χ1n) is 8.99. The van der Waals surface area contributed by atoms with Crippen LogP contribution < -0.4 is 4.90 Å². The Morgan fingerprint density at radius 2 is 2.04 bits per heavy atom. The number of nitrogens with zero attached hydrogens (tertiary/aromatic N) is 4. The van der Waals surface area contributed by atoms with Crippen molar-refractivity contribution in [2.75, 3.05) is 24.5 Å². The quantitative estimate of drug-likeness (QED) is 0.889. The number of Topliss-reactive ketones (excluding diaryl/α,β-unsaturated/α-hetero) is 1. The van der Waals surface area contributed by atoms with Crippen molar-refractivity contribution in [3.05, 3.63) is 29.2 Å². The maximum Gasteiger partial charge on any atom is 0.147 e. The van der Waals surface area contributed by atoms with Crippen molar-refractivity contribution in [1.29, 1.82) is 0 Å². The second-order valence-electron chi connectivity index (χ2n) is 7.63. The largest absolute Gasteiger partial charge is 0.385 e. The lowest BCUT2D eigenvalue weighted by Gasteiger charge is -2.36. The first-order valence-corrected chi connectivity index (χ1v) is 8.99. The predicted octanol–water partition coefficient (Wildman–Crippen LogP) is 1.87. The fourth-order valence-electron chi connectivity index (χ4n) is 4.41. The molecule has 132 valence electrons. The van der Waals surface area contributed by atoms with Crippen LogP contribution >= 0.6 is 0 Å². The van der Waals surface area contributed by atoms with Gasteiger partial charge in [0.15, 0.2) is 0 Å². The van der Waals surface area contributed by atoms with Crippen molar-refractivity contribution in [2.45, 2.75) is 45.1 Å². The van der Waals surface area contributed by atoms with E-state index in [1.54, 1.807) is 13.1 Å². The third-order valence-electron chi connectivity index (χ3n) is 5.49. The lowest BCUT2D eigenvalue weighted by atomic mass is 9.74. The molecular weight excluding hydrogens is 316 g/mol. The van der Waals surface area contributed by atoms with Crippen molar-refractivity contribution in [3.8, 4) is 0 Å². The molecule has 1 unspecified atom stereocenters. The van der Waals surface area contributed by atoms with Crippen LogP contribution in [0.15, 0.2) is 28.5 Å². The summed E-state index contributed by atoms with van der Waals surface area (Å²) in [5.74, 6) is 1.40. The summed E-state index contributed by atoms with van der Waals surface area (Å²) in [6, 6.07) is 0. The molecule has 1 fully saturated rings. The van der Waals surface area contributed by atoms with Gasteiger partial charge in [-0.3, -0.25) is 14.8 Å². The standard InChI is InChI=1S/C19H24N4O2/c1-12-9-20-11-16(22-12)23-5-3-13(4-6-23)18-17-14(10-21-18)7-15(24)8-19(17,2)25/h9,11,13,25H,3-8,10H2,1-2H3. The van der Waals surface area contributed by atoms with Crippen LogP contribution in [0, 0.1) is 12.8 Å². The molecule has 0 aromatic carbocycles. The highest BCUT2D eigenvalue weighted by atomic mass is 16.3. The molecule has 0 radical (unpaired) electrons. The third kappa shape index (κ3) is 2.99. The molecule has 4 rings (SSSR count). The zero-order valence-corrected chi connectivity index (χ0v) is 14.8. The van der Waals surface area contributed by atoms with Gasteiger partial charge in [-0.1, -0.05) is 0 Å². The van der Waals surface area contributed by atoms with Gasteiger partial charge in [0.2, 0.25) is 0 Å². The van der Waals surface area contributed by atoms with Crippen molar-refractivity contribution in [2.24, 2.45) is 10.9 Å². The number of aryl methyl sites for hydroxylation is 1. The van der Waals surface area contributed by atoms with Crippen molar-refractivity contribution in [1.82, 2.24) is 9.97 Å². The van der Waals surface area contributed by atoms with Gasteiger partial charge in [0, 0.05) is 49.3 Å². The lowest BCUT2D eigenvalue weighted by molar-refractivity contribution is -0.122. The fourth-order valence-corrected chi connectivity index (χ4v) is 4.41. The average Bonchev–Trinajstić information content (AvgIpc) is 2.99. The van der Waals surface area contributed by atoms with Crippen molar-refractivity contribution in [3.63, 3.8) is 0 Å². The summed E-state index contributed by atoms with van der Waals surface area (Å²) in [5, 5.41) is 10.8. The van der Waals surface area contributed by atoms with Crippen LogP contribution in [0.3, 0.4) is 0 Å². The molecule has 0 amide bonds. The Labute approximate surface area is 147 Å². The molecule has 0 saturated carbocycles. The van der Waals surface area contributed by atoms with Crippen LogP contribution in [-0.4, -0.2) is 51.8 Å². The van der Waals surface area contributed by atoms with Crippen LogP contribution in [0.25, 0.3) is 0 Å². The summed E-state index contributed by atoms with van der Waals surface area (Å²) in [7, 11) is 0. The van der Waals surface area contributed by atoms with Crippen LogP contribution in [0.4, 0.5) is 5.82 Å². The van der Waals surface area contributed by atoms with E-state index < -0.39 is 5.60 Å². The second-order valence-corrected chi connectivity index (χ2v) is 7.63. The summed E-state index contributed by atoms with van der Waals surface area (Å²) < 4.78 is 0. The Bertz CT molecular complexity index is 773. The number of anilines is 1. The molecular formula is C19H24N4O2. The van der Waals surface area contributed by atoms with Crippen LogP contribution in [0.5, 0.6) is 0 Å². The maximum atomic E-state index is 11.9. The lowest BCUT2D eigenvalue weighted by Crippen LogP contribution is -2.42. The molecule has 25 heavy (non-hydrogen) atoms. The number of hydrogen-bond acceptors (Lipinski definition) is 6. The topological polar surface area (TPSA) is 78.7 Å². The number of piperidine rings is 1. The van der Waals surface area contributed by atoms with E-state index in [-0.39, 0.29) is 12.2 Å². The molecule has 1 aliphatic carbocycles. The molecule has 3 heterocycles. The molecule has 1 aromatic rings. The number of rotatable bonds is 2. The predicted molar refractivity (Wildman–Crippen MR) is 95.9 cm³/mol. The minimum absolute atomic E-state index is 0.119. The molecule has 6 nitrogen and oxygen atoms in total. The van der Waals surface area contributed by atoms with Gasteiger partial charge in [-0.05, 0) is 32.3 Å². The number of carbonyl (C=O) groups is 1. The second kappa shape index (κ2) is 6.02.